The molecule has 0 aliphatic heterocycles. The number of nitrogens with zero attached hydrogens (tertiary/aromatic N) is 1. The first-order valence-corrected chi connectivity index (χ1v) is 6.44. The van der Waals surface area contributed by atoms with Crippen LogP contribution in [0.15, 0.2) is 54.7 Å². The number of halogens is 1. The molecular formula is C17H14FNO. The van der Waals surface area contributed by atoms with E-state index in [0.717, 1.165) is 16.3 Å². The van der Waals surface area contributed by atoms with Crippen LogP contribution in [-0.2, 0) is 0 Å². The molecule has 2 nitrogen and oxygen atoms in total. The van der Waals surface area contributed by atoms with Gasteiger partial charge in [-0.25, -0.2) is 4.39 Å². The molecule has 0 amide bonds. The van der Waals surface area contributed by atoms with E-state index in [2.05, 4.69) is 4.98 Å². The van der Waals surface area contributed by atoms with Crippen molar-refractivity contribution in [1.82, 2.24) is 4.98 Å². The van der Waals surface area contributed by atoms with Gasteiger partial charge < -0.3 is 5.11 Å². The molecule has 1 N–H and O–H groups in total. The summed E-state index contributed by atoms with van der Waals surface area (Å²) in [7, 11) is 0. The number of hydrogen-bond acceptors (Lipinski definition) is 2. The lowest BCUT2D eigenvalue weighted by Gasteiger charge is -2.14. The van der Waals surface area contributed by atoms with E-state index in [-0.39, 0.29) is 5.56 Å². The van der Waals surface area contributed by atoms with E-state index in [1.807, 2.05) is 37.3 Å². The second kappa shape index (κ2) is 5.02. The van der Waals surface area contributed by atoms with Gasteiger partial charge in [0.25, 0.3) is 0 Å². The maximum Gasteiger partial charge on any atom is 0.129 e. The molecular weight excluding hydrogens is 253 g/mol. The molecule has 1 heterocycles. The molecule has 3 aromatic rings. The Balaban J connectivity index is 2.17. The number of hydrogen-bond donors (Lipinski definition) is 1. The molecule has 100 valence electrons. The van der Waals surface area contributed by atoms with Gasteiger partial charge in [0.05, 0.1) is 5.69 Å². The maximum absolute atomic E-state index is 13.9. The van der Waals surface area contributed by atoms with Gasteiger partial charge in [-0.1, -0.05) is 42.0 Å². The quantitative estimate of drug-likeness (QED) is 0.766. The zero-order chi connectivity index (χ0) is 14.1. The van der Waals surface area contributed by atoms with E-state index in [4.69, 9.17) is 0 Å². The minimum Gasteiger partial charge on any atom is -0.382 e. The fourth-order valence-electron chi connectivity index (χ4n) is 2.38. The summed E-state index contributed by atoms with van der Waals surface area (Å²) in [6, 6.07) is 14.2. The van der Waals surface area contributed by atoms with Crippen molar-refractivity contribution in [1.29, 1.82) is 0 Å². The second-order valence-electron chi connectivity index (χ2n) is 4.84. The zero-order valence-electron chi connectivity index (χ0n) is 11.0. The Labute approximate surface area is 116 Å². The Morgan fingerprint density at radius 3 is 2.75 bits per heavy atom. The predicted molar refractivity (Wildman–Crippen MR) is 76.9 cm³/mol. The molecule has 1 aromatic heterocycles. The van der Waals surface area contributed by atoms with E-state index in [1.54, 1.807) is 18.3 Å². The van der Waals surface area contributed by atoms with Crippen LogP contribution < -0.4 is 0 Å². The maximum atomic E-state index is 13.9. The topological polar surface area (TPSA) is 33.1 Å². The van der Waals surface area contributed by atoms with Crippen molar-refractivity contribution in [2.24, 2.45) is 0 Å². The van der Waals surface area contributed by atoms with Gasteiger partial charge in [0.1, 0.15) is 11.9 Å². The van der Waals surface area contributed by atoms with Crippen molar-refractivity contribution < 1.29 is 9.50 Å². The first kappa shape index (κ1) is 12.8. The first-order chi connectivity index (χ1) is 9.66. The molecule has 3 heteroatoms. The van der Waals surface area contributed by atoms with Crippen molar-refractivity contribution in [3.63, 3.8) is 0 Å². The fraction of sp³-hybridized carbons (Fsp3) is 0.118. The standard InChI is InChI=1S/C17H14FNO/c1-11-6-7-15(18)14(10-11)17(20)16-13-5-3-2-4-12(13)8-9-19-16/h2-10,17,20H,1H3. The zero-order valence-corrected chi connectivity index (χ0v) is 11.0. The summed E-state index contributed by atoms with van der Waals surface area (Å²) in [5.41, 5.74) is 1.64. The van der Waals surface area contributed by atoms with Gasteiger partial charge in [0.2, 0.25) is 0 Å². The van der Waals surface area contributed by atoms with Gasteiger partial charge in [-0.2, -0.15) is 0 Å². The molecule has 0 spiro atoms. The summed E-state index contributed by atoms with van der Waals surface area (Å²) >= 11 is 0. The van der Waals surface area contributed by atoms with Crippen LogP contribution in [0.1, 0.15) is 22.9 Å². The van der Waals surface area contributed by atoms with Gasteiger partial charge in [-0.15, -0.1) is 0 Å². The third kappa shape index (κ3) is 2.17. The number of pyridine rings is 1. The molecule has 3 rings (SSSR count). The van der Waals surface area contributed by atoms with Crippen LogP contribution in [0.25, 0.3) is 10.8 Å². The summed E-state index contributed by atoms with van der Waals surface area (Å²) < 4.78 is 13.9. The molecule has 0 saturated heterocycles. The van der Waals surface area contributed by atoms with Crippen molar-refractivity contribution >= 4 is 10.8 Å². The Morgan fingerprint density at radius 2 is 1.90 bits per heavy atom. The summed E-state index contributed by atoms with van der Waals surface area (Å²) in [4.78, 5) is 4.24. The third-order valence-corrected chi connectivity index (χ3v) is 3.41. The summed E-state index contributed by atoms with van der Waals surface area (Å²) in [5, 5.41) is 12.3. The van der Waals surface area contributed by atoms with Gasteiger partial charge in [-0.3, -0.25) is 4.98 Å². The molecule has 0 fully saturated rings. The number of fused-ring (bicyclic) bond motifs is 1. The highest BCUT2D eigenvalue weighted by atomic mass is 19.1. The SMILES string of the molecule is Cc1ccc(F)c(C(O)c2nccc3ccccc23)c1. The van der Waals surface area contributed by atoms with Gasteiger partial charge in [0, 0.05) is 17.1 Å². The highest BCUT2D eigenvalue weighted by Gasteiger charge is 2.18. The number of aryl methyl sites for hydroxylation is 1. The van der Waals surface area contributed by atoms with Crippen molar-refractivity contribution in [2.75, 3.05) is 0 Å². The highest BCUT2D eigenvalue weighted by Crippen LogP contribution is 2.28. The van der Waals surface area contributed by atoms with Crippen LogP contribution >= 0.6 is 0 Å². The number of aliphatic hydroxyl groups is 1. The van der Waals surface area contributed by atoms with Crippen LogP contribution in [-0.4, -0.2) is 10.1 Å². The Bertz CT molecular complexity index is 765. The third-order valence-electron chi connectivity index (χ3n) is 3.41. The van der Waals surface area contributed by atoms with Crippen molar-refractivity contribution in [2.45, 2.75) is 13.0 Å². The monoisotopic (exact) mass is 267 g/mol. The first-order valence-electron chi connectivity index (χ1n) is 6.44. The molecule has 1 unspecified atom stereocenters. The molecule has 0 bridgehead atoms. The van der Waals surface area contributed by atoms with Crippen LogP contribution in [0.4, 0.5) is 4.39 Å². The van der Waals surface area contributed by atoms with Gasteiger partial charge in [-0.05, 0) is 24.4 Å². The summed E-state index contributed by atoms with van der Waals surface area (Å²) in [5.74, 6) is -0.419. The van der Waals surface area contributed by atoms with Gasteiger partial charge >= 0.3 is 0 Å². The fourth-order valence-corrected chi connectivity index (χ4v) is 2.38. The number of aliphatic hydroxyl groups excluding tert-OH is 1. The van der Waals surface area contributed by atoms with Crippen LogP contribution in [0, 0.1) is 12.7 Å². The molecule has 0 aliphatic rings. The minimum absolute atomic E-state index is 0.258. The molecule has 0 saturated carbocycles. The highest BCUT2D eigenvalue weighted by molar-refractivity contribution is 5.84. The van der Waals surface area contributed by atoms with Crippen LogP contribution in [0.2, 0.25) is 0 Å². The molecule has 0 radical (unpaired) electrons. The van der Waals surface area contributed by atoms with E-state index in [1.165, 1.54) is 6.07 Å². The summed E-state index contributed by atoms with van der Waals surface area (Å²) in [6.45, 7) is 1.87. The molecule has 0 aliphatic carbocycles. The lowest BCUT2D eigenvalue weighted by molar-refractivity contribution is 0.211. The lowest BCUT2D eigenvalue weighted by atomic mass is 9.99. The lowest BCUT2D eigenvalue weighted by Crippen LogP contribution is -2.06. The molecule has 2 aromatic carbocycles. The average Bonchev–Trinajstić information content (AvgIpc) is 2.48. The average molecular weight is 267 g/mol. The van der Waals surface area contributed by atoms with E-state index in [9.17, 15) is 9.50 Å². The van der Waals surface area contributed by atoms with E-state index < -0.39 is 11.9 Å². The Morgan fingerprint density at radius 1 is 1.10 bits per heavy atom. The number of rotatable bonds is 2. The number of aromatic nitrogens is 1. The minimum atomic E-state index is -1.07. The Kier molecular flexibility index (Phi) is 3.20. The van der Waals surface area contributed by atoms with Crippen LogP contribution in [0.3, 0.4) is 0 Å². The van der Waals surface area contributed by atoms with Crippen molar-refractivity contribution in [3.05, 3.63) is 77.4 Å². The van der Waals surface area contributed by atoms with Crippen molar-refractivity contribution in [3.8, 4) is 0 Å². The Hall–Kier alpha value is -2.26. The van der Waals surface area contributed by atoms with Gasteiger partial charge in [0.15, 0.2) is 0 Å². The largest absolute Gasteiger partial charge is 0.382 e. The normalized spacial score (nSPS) is 12.6. The molecule has 1 atom stereocenters. The van der Waals surface area contributed by atoms with E-state index >= 15 is 0 Å². The second-order valence-corrected chi connectivity index (χ2v) is 4.84. The predicted octanol–water partition coefficient (Wildman–Crippen LogP) is 3.76. The smallest absolute Gasteiger partial charge is 0.129 e. The van der Waals surface area contributed by atoms with E-state index in [0.29, 0.717) is 5.69 Å². The summed E-state index contributed by atoms with van der Waals surface area (Å²) in [6.07, 6.45) is 0.565. The van der Waals surface area contributed by atoms with Crippen LogP contribution in [0.5, 0.6) is 0 Å². The number of benzene rings is 2. The molecule has 20 heavy (non-hydrogen) atoms.